The van der Waals surface area contributed by atoms with Crippen LogP contribution in [0, 0.1) is 0 Å². The van der Waals surface area contributed by atoms with E-state index in [0.29, 0.717) is 5.88 Å². The molecule has 0 saturated carbocycles. The van der Waals surface area contributed by atoms with Gasteiger partial charge in [-0.2, -0.15) is 0 Å². The molecule has 0 aliphatic heterocycles. The largest absolute Gasteiger partial charge is 0.211 e. The highest BCUT2D eigenvalue weighted by atomic mass is 35.5. The van der Waals surface area contributed by atoms with Crippen molar-refractivity contribution in [3.05, 3.63) is 35.9 Å². The third-order valence-electron chi connectivity index (χ3n) is 2.70. The number of hydrogen-bond donors (Lipinski definition) is 0. The van der Waals surface area contributed by atoms with Crippen LogP contribution in [0.1, 0.15) is 51.0 Å². The fourth-order valence-electron chi connectivity index (χ4n) is 1.60. The Bertz CT molecular complexity index is 230. The summed E-state index contributed by atoms with van der Waals surface area (Å²) < 4.78 is 0. The van der Waals surface area contributed by atoms with Crippen LogP contribution in [-0.2, 0) is 5.88 Å². The summed E-state index contributed by atoms with van der Waals surface area (Å²) in [6, 6.07) is 9.96. The average molecular weight is 269 g/mol. The molecule has 2 heteroatoms. The van der Waals surface area contributed by atoms with E-state index in [1.807, 2.05) is 30.3 Å². The molecular formula is C15H26AlCl. The molecule has 0 heterocycles. The number of unbranched alkanes of at least 4 members (excludes halogenated alkanes) is 5. The van der Waals surface area contributed by atoms with Gasteiger partial charge in [0.1, 0.15) is 0 Å². The number of alkyl halides is 1. The Labute approximate surface area is 120 Å². The molecular weight excluding hydrogens is 243 g/mol. The Hall–Kier alpha value is 0.0425. The summed E-state index contributed by atoms with van der Waals surface area (Å²) >= 11 is 6.94. The quantitative estimate of drug-likeness (QED) is 0.378. The van der Waals surface area contributed by atoms with Gasteiger partial charge in [-0.3, -0.25) is 0 Å². The van der Waals surface area contributed by atoms with Gasteiger partial charge >= 0.3 is 0 Å². The highest BCUT2D eigenvalue weighted by Gasteiger charge is 1.86. The molecule has 0 N–H and O–H groups in total. The summed E-state index contributed by atoms with van der Waals surface area (Å²) in [7, 11) is 0. The lowest BCUT2D eigenvalue weighted by Gasteiger charge is -1.96. The summed E-state index contributed by atoms with van der Waals surface area (Å²) in [6.45, 7) is 2.27. The SMILES string of the molecule is CCCCCCC[CH2][AlH2].ClCc1ccccc1. The van der Waals surface area contributed by atoms with Gasteiger partial charge in [0.2, 0.25) is 16.3 Å². The Morgan fingerprint density at radius 1 is 0.941 bits per heavy atom. The molecule has 0 nitrogen and oxygen atoms in total. The van der Waals surface area contributed by atoms with E-state index >= 15 is 0 Å². The van der Waals surface area contributed by atoms with E-state index in [1.165, 1.54) is 65.7 Å². The van der Waals surface area contributed by atoms with E-state index in [9.17, 15) is 0 Å². The predicted molar refractivity (Wildman–Crippen MR) is 82.7 cm³/mol. The molecule has 96 valence electrons. The van der Waals surface area contributed by atoms with Gasteiger partial charge in [-0.05, 0) is 5.56 Å². The zero-order valence-corrected chi connectivity index (χ0v) is 14.2. The molecule has 0 spiro atoms. The topological polar surface area (TPSA) is 0 Å². The average Bonchev–Trinajstić information content (AvgIpc) is 2.40. The molecule has 17 heavy (non-hydrogen) atoms. The number of benzene rings is 1. The second kappa shape index (κ2) is 14.1. The zero-order valence-electron chi connectivity index (χ0n) is 11.4. The summed E-state index contributed by atoms with van der Waals surface area (Å²) in [5.41, 5.74) is 1.18. The third-order valence-corrected chi connectivity index (χ3v) is 3.72. The second-order valence-corrected chi connectivity index (χ2v) is 5.65. The van der Waals surface area contributed by atoms with Crippen LogP contribution in [0.25, 0.3) is 0 Å². The van der Waals surface area contributed by atoms with Gasteiger partial charge in [-0.25, -0.2) is 0 Å². The minimum Gasteiger partial charge on any atom is -0.122 e. The van der Waals surface area contributed by atoms with Gasteiger partial charge in [0.05, 0.1) is 0 Å². The molecule has 1 rings (SSSR count). The second-order valence-electron chi connectivity index (χ2n) is 4.39. The van der Waals surface area contributed by atoms with E-state index < -0.39 is 0 Å². The minimum atomic E-state index is 0.612. The van der Waals surface area contributed by atoms with Crippen molar-refractivity contribution in [2.75, 3.05) is 0 Å². The fourth-order valence-corrected chi connectivity index (χ4v) is 2.28. The monoisotopic (exact) mass is 268 g/mol. The normalized spacial score (nSPS) is 9.53. The van der Waals surface area contributed by atoms with Gasteiger partial charge in [-0.15, -0.1) is 16.9 Å². The molecule has 0 aliphatic rings. The van der Waals surface area contributed by atoms with Crippen LogP contribution in [-0.4, -0.2) is 16.3 Å². The van der Waals surface area contributed by atoms with Crippen LogP contribution in [0.3, 0.4) is 0 Å². The molecule has 1 aromatic rings. The molecule has 0 unspecified atom stereocenters. The van der Waals surface area contributed by atoms with Crippen LogP contribution in [0.4, 0.5) is 0 Å². The highest BCUT2D eigenvalue weighted by Crippen LogP contribution is 2.05. The smallest absolute Gasteiger partial charge is 0.122 e. The van der Waals surface area contributed by atoms with Crippen molar-refractivity contribution in [2.45, 2.75) is 56.6 Å². The van der Waals surface area contributed by atoms with E-state index in [2.05, 4.69) is 6.92 Å². The lowest BCUT2D eigenvalue weighted by molar-refractivity contribution is 0.624. The Morgan fingerprint density at radius 2 is 1.53 bits per heavy atom. The first-order chi connectivity index (χ1) is 8.35. The van der Waals surface area contributed by atoms with Crippen molar-refractivity contribution >= 4 is 27.9 Å². The van der Waals surface area contributed by atoms with E-state index in [4.69, 9.17) is 11.6 Å². The van der Waals surface area contributed by atoms with Crippen LogP contribution in [0.5, 0.6) is 0 Å². The summed E-state index contributed by atoms with van der Waals surface area (Å²) in [4.78, 5) is 0. The van der Waals surface area contributed by atoms with Gasteiger partial charge in [0, 0.05) is 5.88 Å². The highest BCUT2D eigenvalue weighted by molar-refractivity contribution is 6.17. The van der Waals surface area contributed by atoms with Crippen LogP contribution >= 0.6 is 11.6 Å². The van der Waals surface area contributed by atoms with Crippen LogP contribution < -0.4 is 0 Å². The molecule has 0 atom stereocenters. The standard InChI is InChI=1S/C8H17.C7H7Cl.Al.2H/c1-3-5-7-8-6-4-2;8-6-7-4-2-1-3-5-7;;;/h1,3-8H2,2H3;1-5H,6H2;;;. The molecule has 0 aromatic heterocycles. The van der Waals surface area contributed by atoms with Crippen molar-refractivity contribution in [3.8, 4) is 0 Å². The first kappa shape index (κ1) is 17.0. The molecule has 1 aromatic carbocycles. The molecule has 0 saturated heterocycles. The van der Waals surface area contributed by atoms with Gasteiger partial charge in [0.15, 0.2) is 0 Å². The van der Waals surface area contributed by atoms with Gasteiger partial charge in [0.25, 0.3) is 0 Å². The molecule has 0 fully saturated rings. The third kappa shape index (κ3) is 12.3. The summed E-state index contributed by atoms with van der Waals surface area (Å²) in [5.74, 6) is 0.612. The first-order valence-corrected chi connectivity index (χ1v) is 8.89. The van der Waals surface area contributed by atoms with Gasteiger partial charge < -0.3 is 0 Å². The first-order valence-electron chi connectivity index (χ1n) is 6.95. The molecule has 0 amide bonds. The number of halogens is 1. The Balaban J connectivity index is 0.000000302. The summed E-state index contributed by atoms with van der Waals surface area (Å²) in [6.07, 6.45) is 8.76. The predicted octanol–water partition coefficient (Wildman–Crippen LogP) is 4.82. The lowest BCUT2D eigenvalue weighted by atomic mass is 10.1. The van der Waals surface area contributed by atoms with Crippen molar-refractivity contribution in [1.29, 1.82) is 0 Å². The van der Waals surface area contributed by atoms with E-state index in [-0.39, 0.29) is 0 Å². The molecule has 0 aliphatic carbocycles. The van der Waals surface area contributed by atoms with Gasteiger partial charge in [-0.1, -0.05) is 75.8 Å². The lowest BCUT2D eigenvalue weighted by Crippen LogP contribution is -1.77. The molecule has 0 bridgehead atoms. The van der Waals surface area contributed by atoms with Crippen LogP contribution in [0.15, 0.2) is 30.3 Å². The van der Waals surface area contributed by atoms with Crippen LogP contribution in [0.2, 0.25) is 5.28 Å². The van der Waals surface area contributed by atoms with Crippen molar-refractivity contribution in [3.63, 3.8) is 0 Å². The zero-order chi connectivity index (χ0) is 12.8. The van der Waals surface area contributed by atoms with E-state index in [0.717, 1.165) is 0 Å². The number of hydrogen-bond acceptors (Lipinski definition) is 0. The maximum Gasteiger partial charge on any atom is 0.211 e. The molecule has 0 radical (unpaired) electrons. The maximum atomic E-state index is 5.53. The maximum absolute atomic E-state index is 5.53. The van der Waals surface area contributed by atoms with E-state index in [1.54, 1.807) is 0 Å². The van der Waals surface area contributed by atoms with Crippen molar-refractivity contribution < 1.29 is 0 Å². The minimum absolute atomic E-state index is 0.612. The van der Waals surface area contributed by atoms with Crippen molar-refractivity contribution in [2.24, 2.45) is 0 Å². The Morgan fingerprint density at radius 3 is 2.00 bits per heavy atom. The summed E-state index contributed by atoms with van der Waals surface area (Å²) in [5, 5.41) is 1.51. The fraction of sp³-hybridized carbons (Fsp3) is 0.600. The number of rotatable bonds is 7. The Kier molecular flexibility index (Phi) is 14.1. The van der Waals surface area contributed by atoms with Crippen molar-refractivity contribution in [1.82, 2.24) is 0 Å².